The van der Waals surface area contributed by atoms with Gasteiger partial charge in [-0.2, -0.15) is 0 Å². The maximum Gasteiger partial charge on any atom is 0.179 e. The number of hydrogen-bond donors (Lipinski definition) is 0. The van der Waals surface area contributed by atoms with Gasteiger partial charge in [0.15, 0.2) is 17.7 Å². The van der Waals surface area contributed by atoms with Gasteiger partial charge < -0.3 is 9.47 Å². The molecule has 0 aliphatic carbocycles. The number of hydrogen-bond acceptors (Lipinski definition) is 3. The third-order valence-corrected chi connectivity index (χ3v) is 6.86. The summed E-state index contributed by atoms with van der Waals surface area (Å²) in [6.07, 6.45) is -0.899. The first kappa shape index (κ1) is 15.6. The minimum Gasteiger partial charge on any atom is -0.338 e. The van der Waals surface area contributed by atoms with Gasteiger partial charge in [-0.05, 0) is 58.7 Å². The van der Waals surface area contributed by atoms with Crippen LogP contribution in [0.4, 0.5) is 0 Å². The molecule has 0 amide bonds. The second-order valence-electron chi connectivity index (χ2n) is 8.52. The standard InChI is InChI=1S/C24H20O3/c1-23(2)22(25)21-20(26-24(23,3)27-21)17-12-10-15-8-7-13-5-4-6-14-9-11-16(17)19(15)18(13)14/h4-12,20-21H,1-3H3/t20-,21-,24+/m0/s1. The lowest BCUT2D eigenvalue weighted by Crippen LogP contribution is -2.47. The van der Waals surface area contributed by atoms with Crippen LogP contribution in [0.2, 0.25) is 0 Å². The van der Waals surface area contributed by atoms with Crippen molar-refractivity contribution in [3.63, 3.8) is 0 Å². The van der Waals surface area contributed by atoms with Crippen LogP contribution in [0.5, 0.6) is 0 Å². The van der Waals surface area contributed by atoms with Crippen LogP contribution >= 0.6 is 0 Å². The van der Waals surface area contributed by atoms with Crippen LogP contribution in [0.25, 0.3) is 32.3 Å². The Balaban J connectivity index is 1.63. The number of benzene rings is 4. The Morgan fingerprint density at radius 3 is 2.00 bits per heavy atom. The van der Waals surface area contributed by atoms with Crippen molar-refractivity contribution in [2.75, 3.05) is 0 Å². The summed E-state index contributed by atoms with van der Waals surface area (Å²) in [5.41, 5.74) is 0.413. The van der Waals surface area contributed by atoms with Gasteiger partial charge in [0.1, 0.15) is 6.10 Å². The van der Waals surface area contributed by atoms with E-state index in [1.807, 2.05) is 20.8 Å². The molecule has 2 fully saturated rings. The van der Waals surface area contributed by atoms with E-state index in [-0.39, 0.29) is 11.9 Å². The molecule has 2 aliphatic rings. The molecular formula is C24H20O3. The molecule has 2 bridgehead atoms. The fraction of sp³-hybridized carbons (Fsp3) is 0.292. The van der Waals surface area contributed by atoms with Crippen LogP contribution in [0.1, 0.15) is 32.4 Å². The molecule has 27 heavy (non-hydrogen) atoms. The molecule has 6 rings (SSSR count). The van der Waals surface area contributed by atoms with Gasteiger partial charge in [0, 0.05) is 0 Å². The molecule has 3 atom stereocenters. The van der Waals surface area contributed by atoms with Crippen molar-refractivity contribution in [3.8, 4) is 0 Å². The molecule has 4 aromatic rings. The van der Waals surface area contributed by atoms with Crippen molar-refractivity contribution in [1.29, 1.82) is 0 Å². The third-order valence-electron chi connectivity index (χ3n) is 6.86. The molecule has 0 spiro atoms. The van der Waals surface area contributed by atoms with E-state index >= 15 is 0 Å². The van der Waals surface area contributed by atoms with E-state index in [9.17, 15) is 4.79 Å². The lowest BCUT2D eigenvalue weighted by Gasteiger charge is -2.37. The second kappa shape index (κ2) is 4.67. The average Bonchev–Trinajstić information content (AvgIpc) is 3.11. The van der Waals surface area contributed by atoms with Crippen LogP contribution < -0.4 is 0 Å². The van der Waals surface area contributed by atoms with Crippen LogP contribution in [0, 0.1) is 5.41 Å². The van der Waals surface area contributed by atoms with Crippen molar-refractivity contribution in [2.24, 2.45) is 5.41 Å². The summed E-state index contributed by atoms with van der Waals surface area (Å²) >= 11 is 0. The molecular weight excluding hydrogens is 336 g/mol. The summed E-state index contributed by atoms with van der Waals surface area (Å²) < 4.78 is 12.4. The number of ether oxygens (including phenoxy) is 2. The van der Waals surface area contributed by atoms with Crippen LogP contribution in [-0.2, 0) is 14.3 Å². The number of carbonyl (C=O) groups is 1. The molecule has 0 radical (unpaired) electrons. The highest BCUT2D eigenvalue weighted by atomic mass is 16.8. The highest BCUT2D eigenvalue weighted by molar-refractivity contribution is 6.23. The summed E-state index contributed by atoms with van der Waals surface area (Å²) in [5, 5.41) is 7.34. The molecule has 4 aromatic carbocycles. The highest BCUT2D eigenvalue weighted by Gasteiger charge is 2.67. The van der Waals surface area contributed by atoms with Crippen molar-refractivity contribution >= 4 is 38.1 Å². The highest BCUT2D eigenvalue weighted by Crippen LogP contribution is 2.56. The van der Waals surface area contributed by atoms with Gasteiger partial charge in [-0.25, -0.2) is 0 Å². The van der Waals surface area contributed by atoms with Gasteiger partial charge in [0.25, 0.3) is 0 Å². The van der Waals surface area contributed by atoms with Crippen molar-refractivity contribution < 1.29 is 14.3 Å². The van der Waals surface area contributed by atoms with E-state index in [2.05, 4.69) is 54.6 Å². The van der Waals surface area contributed by atoms with E-state index in [4.69, 9.17) is 9.47 Å². The molecule has 2 aliphatic heterocycles. The quantitative estimate of drug-likeness (QED) is 0.430. The summed E-state index contributed by atoms with van der Waals surface area (Å²) in [6.45, 7) is 5.71. The lowest BCUT2D eigenvalue weighted by atomic mass is 9.76. The van der Waals surface area contributed by atoms with Gasteiger partial charge in [-0.3, -0.25) is 4.79 Å². The Kier molecular flexibility index (Phi) is 2.69. The fourth-order valence-corrected chi connectivity index (χ4v) is 4.93. The molecule has 0 unspecified atom stereocenters. The predicted molar refractivity (Wildman–Crippen MR) is 106 cm³/mol. The summed E-state index contributed by atoms with van der Waals surface area (Å²) in [4.78, 5) is 12.9. The smallest absolute Gasteiger partial charge is 0.179 e. The number of Topliss-reactive ketones (excluding diaryl/α,β-unsaturated/α-hetero) is 1. The molecule has 2 heterocycles. The first-order valence-corrected chi connectivity index (χ1v) is 9.47. The average molecular weight is 356 g/mol. The van der Waals surface area contributed by atoms with E-state index < -0.39 is 17.3 Å². The van der Waals surface area contributed by atoms with E-state index in [1.165, 1.54) is 26.9 Å². The van der Waals surface area contributed by atoms with E-state index in [0.29, 0.717) is 0 Å². The molecule has 3 heteroatoms. The molecule has 3 nitrogen and oxygen atoms in total. The number of rotatable bonds is 1. The molecule has 0 aromatic heterocycles. The van der Waals surface area contributed by atoms with Crippen LogP contribution in [0.15, 0.2) is 54.6 Å². The fourth-order valence-electron chi connectivity index (χ4n) is 4.93. The number of ketones is 1. The lowest BCUT2D eigenvalue weighted by molar-refractivity contribution is -0.201. The summed E-state index contributed by atoms with van der Waals surface area (Å²) in [7, 11) is 0. The minimum atomic E-state index is -0.872. The van der Waals surface area contributed by atoms with Crippen LogP contribution in [0.3, 0.4) is 0 Å². The first-order chi connectivity index (χ1) is 12.9. The zero-order valence-electron chi connectivity index (χ0n) is 15.6. The van der Waals surface area contributed by atoms with Crippen molar-refractivity contribution in [2.45, 2.75) is 38.8 Å². The second-order valence-corrected chi connectivity index (χ2v) is 8.52. The minimum absolute atomic E-state index is 0.131. The Bertz CT molecular complexity index is 1240. The zero-order valence-corrected chi connectivity index (χ0v) is 15.6. The number of fused-ring (bicyclic) bond motifs is 2. The molecule has 0 saturated carbocycles. The maximum absolute atomic E-state index is 12.9. The molecule has 2 saturated heterocycles. The molecule has 0 N–H and O–H groups in total. The predicted octanol–water partition coefficient (Wildman–Crippen LogP) is 5.37. The normalized spacial score (nSPS) is 29.5. The van der Waals surface area contributed by atoms with Gasteiger partial charge >= 0.3 is 0 Å². The summed E-state index contributed by atoms with van der Waals surface area (Å²) in [5.74, 6) is -0.740. The Morgan fingerprint density at radius 2 is 1.33 bits per heavy atom. The monoisotopic (exact) mass is 356 g/mol. The third kappa shape index (κ3) is 1.72. The first-order valence-electron chi connectivity index (χ1n) is 9.47. The van der Waals surface area contributed by atoms with Crippen LogP contribution in [-0.4, -0.2) is 17.7 Å². The van der Waals surface area contributed by atoms with Gasteiger partial charge in [0.2, 0.25) is 0 Å². The Hall–Kier alpha value is -2.49. The Morgan fingerprint density at radius 1 is 0.741 bits per heavy atom. The summed E-state index contributed by atoms with van der Waals surface area (Å²) in [6, 6.07) is 19.3. The van der Waals surface area contributed by atoms with Gasteiger partial charge in [-0.1, -0.05) is 54.6 Å². The van der Waals surface area contributed by atoms with E-state index in [1.54, 1.807) is 0 Å². The van der Waals surface area contributed by atoms with E-state index in [0.717, 1.165) is 10.9 Å². The van der Waals surface area contributed by atoms with Crippen molar-refractivity contribution in [1.82, 2.24) is 0 Å². The molecule has 134 valence electrons. The topological polar surface area (TPSA) is 35.5 Å². The largest absolute Gasteiger partial charge is 0.338 e. The number of carbonyl (C=O) groups excluding carboxylic acids is 1. The van der Waals surface area contributed by atoms with Gasteiger partial charge in [0.05, 0.1) is 5.41 Å². The Labute approximate surface area is 157 Å². The van der Waals surface area contributed by atoms with Gasteiger partial charge in [-0.15, -0.1) is 0 Å². The SMILES string of the molecule is CC1(C)C(=O)[C@H]2O[C@@]1(C)O[C@H]2c1ccc2ccc3cccc4ccc1c2c34. The van der Waals surface area contributed by atoms with Crippen molar-refractivity contribution in [3.05, 3.63) is 60.2 Å². The zero-order chi connectivity index (χ0) is 18.6. The maximum atomic E-state index is 12.9.